The average Bonchev–Trinajstić information content (AvgIpc) is 3.03. The maximum atomic E-state index is 11.8. The molecule has 19 heavy (non-hydrogen) atoms. The Morgan fingerprint density at radius 1 is 1.58 bits per heavy atom. The number of halogens is 1. The van der Waals surface area contributed by atoms with Crippen LogP contribution in [0.2, 0.25) is 5.22 Å². The third-order valence-electron chi connectivity index (χ3n) is 3.40. The minimum atomic E-state index is -0.245. The number of aromatic nitrogens is 2. The first-order valence-corrected chi connectivity index (χ1v) is 6.47. The molecule has 1 unspecified atom stereocenters. The molecule has 2 aromatic rings. The monoisotopic (exact) mass is 280 g/mol. The number of carbonyl (C=O) groups is 1. The van der Waals surface area contributed by atoms with E-state index in [1.165, 1.54) is 7.11 Å². The van der Waals surface area contributed by atoms with Crippen LogP contribution >= 0.6 is 11.6 Å². The van der Waals surface area contributed by atoms with Crippen molar-refractivity contribution in [2.24, 2.45) is 0 Å². The van der Waals surface area contributed by atoms with Crippen molar-refractivity contribution < 1.29 is 13.9 Å². The highest BCUT2D eigenvalue weighted by atomic mass is 35.5. The summed E-state index contributed by atoms with van der Waals surface area (Å²) in [4.78, 5) is 16.1. The molecule has 3 heterocycles. The number of hydrogen-bond acceptors (Lipinski definition) is 4. The van der Waals surface area contributed by atoms with Crippen molar-refractivity contribution in [2.75, 3.05) is 7.11 Å². The number of rotatable bonds is 2. The fraction of sp³-hybridized carbons (Fsp3) is 0.385. The van der Waals surface area contributed by atoms with Crippen LogP contribution in [-0.2, 0) is 16.1 Å². The van der Waals surface area contributed by atoms with Gasteiger partial charge in [0.25, 0.3) is 0 Å². The molecule has 1 atom stereocenters. The lowest BCUT2D eigenvalue weighted by Crippen LogP contribution is -2.23. The Kier molecular flexibility index (Phi) is 3.06. The van der Waals surface area contributed by atoms with E-state index < -0.39 is 0 Å². The summed E-state index contributed by atoms with van der Waals surface area (Å²) in [7, 11) is 1.41. The number of nitrogens with zero attached hydrogens (tertiary/aromatic N) is 2. The van der Waals surface area contributed by atoms with E-state index in [0.717, 1.165) is 25.1 Å². The van der Waals surface area contributed by atoms with Gasteiger partial charge in [-0.3, -0.25) is 4.79 Å². The summed E-state index contributed by atoms with van der Waals surface area (Å²) in [5.74, 6) is 0.854. The van der Waals surface area contributed by atoms with E-state index in [9.17, 15) is 4.79 Å². The van der Waals surface area contributed by atoms with Crippen molar-refractivity contribution in [1.82, 2.24) is 9.55 Å². The third kappa shape index (κ3) is 2.04. The van der Waals surface area contributed by atoms with Crippen LogP contribution in [0.5, 0.6) is 0 Å². The Bertz CT molecular complexity index is 617. The van der Waals surface area contributed by atoms with E-state index in [4.69, 9.17) is 20.8 Å². The number of esters is 1. The van der Waals surface area contributed by atoms with Crippen molar-refractivity contribution in [3.05, 3.63) is 29.2 Å². The number of furan rings is 1. The van der Waals surface area contributed by atoms with Gasteiger partial charge in [0.2, 0.25) is 0 Å². The molecule has 1 aliphatic rings. The normalized spacial score (nSPS) is 18.1. The highest BCUT2D eigenvalue weighted by Gasteiger charge is 2.30. The Labute approximate surface area is 115 Å². The van der Waals surface area contributed by atoms with Gasteiger partial charge in [0, 0.05) is 12.7 Å². The second kappa shape index (κ2) is 4.74. The first kappa shape index (κ1) is 12.3. The fourth-order valence-corrected chi connectivity index (χ4v) is 2.66. The predicted octanol–water partition coefficient (Wildman–Crippen LogP) is 2.85. The SMILES string of the molecule is COC(=O)C1CCCn2c1cnc2-c1ccc(Cl)o1. The maximum absolute atomic E-state index is 11.8. The number of imidazole rings is 1. The van der Waals surface area contributed by atoms with Crippen LogP contribution in [0.25, 0.3) is 11.6 Å². The van der Waals surface area contributed by atoms with Crippen LogP contribution in [-0.4, -0.2) is 22.6 Å². The van der Waals surface area contributed by atoms with Crippen molar-refractivity contribution >= 4 is 17.6 Å². The molecule has 3 rings (SSSR count). The van der Waals surface area contributed by atoms with Crippen molar-refractivity contribution in [3.8, 4) is 11.6 Å². The van der Waals surface area contributed by atoms with Crippen LogP contribution in [0.4, 0.5) is 0 Å². The summed E-state index contributed by atoms with van der Waals surface area (Å²) in [6.45, 7) is 0.816. The van der Waals surface area contributed by atoms with Gasteiger partial charge in [0.1, 0.15) is 0 Å². The van der Waals surface area contributed by atoms with E-state index in [1.54, 1.807) is 18.3 Å². The summed E-state index contributed by atoms with van der Waals surface area (Å²) >= 11 is 5.78. The van der Waals surface area contributed by atoms with Crippen LogP contribution in [0.1, 0.15) is 24.5 Å². The van der Waals surface area contributed by atoms with Crippen LogP contribution in [0, 0.1) is 0 Å². The maximum Gasteiger partial charge on any atom is 0.314 e. The smallest absolute Gasteiger partial charge is 0.314 e. The molecule has 0 radical (unpaired) electrons. The lowest BCUT2D eigenvalue weighted by atomic mass is 9.96. The van der Waals surface area contributed by atoms with Crippen molar-refractivity contribution in [1.29, 1.82) is 0 Å². The third-order valence-corrected chi connectivity index (χ3v) is 3.60. The summed E-state index contributed by atoms with van der Waals surface area (Å²) in [6, 6.07) is 3.46. The zero-order chi connectivity index (χ0) is 13.4. The van der Waals surface area contributed by atoms with E-state index in [1.807, 2.05) is 4.57 Å². The molecule has 0 fully saturated rings. The van der Waals surface area contributed by atoms with Crippen LogP contribution < -0.4 is 0 Å². The molecule has 6 heteroatoms. The molecule has 0 amide bonds. The molecule has 1 aliphatic heterocycles. The van der Waals surface area contributed by atoms with Gasteiger partial charge >= 0.3 is 5.97 Å². The van der Waals surface area contributed by atoms with Crippen molar-refractivity contribution in [2.45, 2.75) is 25.3 Å². The standard InChI is InChI=1S/C13H13ClN2O3/c1-18-13(17)8-3-2-6-16-9(8)7-15-12(16)10-4-5-11(14)19-10/h4-5,7-8H,2-3,6H2,1H3. The molecule has 0 saturated heterocycles. The number of hydrogen-bond donors (Lipinski definition) is 0. The van der Waals surface area contributed by atoms with Crippen LogP contribution in [0.15, 0.2) is 22.7 Å². The minimum absolute atomic E-state index is 0.218. The van der Waals surface area contributed by atoms with Gasteiger partial charge in [-0.1, -0.05) is 0 Å². The van der Waals surface area contributed by atoms with E-state index >= 15 is 0 Å². The molecule has 5 nitrogen and oxygen atoms in total. The molecule has 0 aliphatic carbocycles. The van der Waals surface area contributed by atoms with Gasteiger partial charge in [-0.15, -0.1) is 0 Å². The van der Waals surface area contributed by atoms with E-state index in [2.05, 4.69) is 4.98 Å². The van der Waals surface area contributed by atoms with E-state index in [0.29, 0.717) is 16.8 Å². The van der Waals surface area contributed by atoms with Gasteiger partial charge in [0.05, 0.1) is 18.7 Å². The summed E-state index contributed by atoms with van der Waals surface area (Å²) in [6.07, 6.45) is 3.41. The van der Waals surface area contributed by atoms with Crippen LogP contribution in [0.3, 0.4) is 0 Å². The summed E-state index contributed by atoms with van der Waals surface area (Å²) in [5, 5.41) is 0.327. The molecule has 0 aromatic carbocycles. The zero-order valence-corrected chi connectivity index (χ0v) is 11.2. The highest BCUT2D eigenvalue weighted by Crippen LogP contribution is 2.33. The Hall–Kier alpha value is -1.75. The van der Waals surface area contributed by atoms with Gasteiger partial charge in [-0.25, -0.2) is 4.98 Å². The van der Waals surface area contributed by atoms with Gasteiger partial charge in [-0.2, -0.15) is 0 Å². The average molecular weight is 281 g/mol. The number of fused-ring (bicyclic) bond motifs is 1. The largest absolute Gasteiger partial charge is 0.469 e. The van der Waals surface area contributed by atoms with Gasteiger partial charge in [-0.05, 0) is 36.6 Å². The minimum Gasteiger partial charge on any atom is -0.469 e. The first-order chi connectivity index (χ1) is 9.20. The zero-order valence-electron chi connectivity index (χ0n) is 10.4. The van der Waals surface area contributed by atoms with E-state index in [-0.39, 0.29) is 11.9 Å². The Morgan fingerprint density at radius 2 is 2.42 bits per heavy atom. The molecular formula is C13H13ClN2O3. The number of ether oxygens (including phenoxy) is 1. The molecular weight excluding hydrogens is 268 g/mol. The van der Waals surface area contributed by atoms with Crippen molar-refractivity contribution in [3.63, 3.8) is 0 Å². The second-order valence-electron chi connectivity index (χ2n) is 4.48. The second-order valence-corrected chi connectivity index (χ2v) is 4.85. The topological polar surface area (TPSA) is 57.3 Å². The highest BCUT2D eigenvalue weighted by molar-refractivity contribution is 6.28. The molecule has 0 bridgehead atoms. The fourth-order valence-electron chi connectivity index (χ4n) is 2.52. The summed E-state index contributed by atoms with van der Waals surface area (Å²) in [5.41, 5.74) is 0.876. The lowest BCUT2D eigenvalue weighted by molar-refractivity contribution is -0.143. The molecule has 100 valence electrons. The Balaban J connectivity index is 2.03. The molecule has 0 spiro atoms. The number of methoxy groups -OCH3 is 1. The van der Waals surface area contributed by atoms with Gasteiger partial charge < -0.3 is 13.7 Å². The Morgan fingerprint density at radius 3 is 3.11 bits per heavy atom. The number of carbonyl (C=O) groups excluding carboxylic acids is 1. The summed E-state index contributed by atoms with van der Waals surface area (Å²) < 4.78 is 12.2. The lowest BCUT2D eigenvalue weighted by Gasteiger charge is -2.22. The molecule has 0 N–H and O–H groups in total. The molecule has 2 aromatic heterocycles. The molecule has 0 saturated carbocycles. The first-order valence-electron chi connectivity index (χ1n) is 6.09. The van der Waals surface area contributed by atoms with Gasteiger partial charge in [0.15, 0.2) is 16.8 Å². The quantitative estimate of drug-likeness (QED) is 0.794. The predicted molar refractivity (Wildman–Crippen MR) is 68.9 cm³/mol.